The van der Waals surface area contributed by atoms with Gasteiger partial charge in [0.05, 0.1) is 5.69 Å². The minimum absolute atomic E-state index is 0. The van der Waals surface area contributed by atoms with Gasteiger partial charge in [0.2, 0.25) is 0 Å². The zero-order valence-electron chi connectivity index (χ0n) is 20.0. The van der Waals surface area contributed by atoms with E-state index >= 15 is 0 Å². The summed E-state index contributed by atoms with van der Waals surface area (Å²) in [5.74, 6) is 0.881. The van der Waals surface area contributed by atoms with Crippen LogP contribution in [0.5, 0.6) is 0 Å². The summed E-state index contributed by atoms with van der Waals surface area (Å²) in [7, 11) is 4.06. The largest absolute Gasteiger partial charge is 0.356 e. The van der Waals surface area contributed by atoms with Gasteiger partial charge in [0.1, 0.15) is 0 Å². The normalized spacial score (nSPS) is 17.8. The Morgan fingerprint density at radius 1 is 1.06 bits per heavy atom. The third kappa shape index (κ3) is 8.04. The number of piperazine rings is 1. The molecular weight excluding hydrogens is 513 g/mol. The van der Waals surface area contributed by atoms with Gasteiger partial charge in [0.15, 0.2) is 5.96 Å². The first-order chi connectivity index (χ1) is 15.1. The van der Waals surface area contributed by atoms with Crippen LogP contribution in [0.2, 0.25) is 0 Å². The van der Waals surface area contributed by atoms with Crippen molar-refractivity contribution in [1.29, 1.82) is 0 Å². The van der Waals surface area contributed by atoms with Crippen LogP contribution in [0.3, 0.4) is 0 Å². The number of rotatable bonds is 9. The number of guanidine groups is 1. The lowest BCUT2D eigenvalue weighted by atomic mass is 10.0. The van der Waals surface area contributed by atoms with E-state index in [0.29, 0.717) is 6.04 Å². The molecule has 0 bridgehead atoms. The van der Waals surface area contributed by atoms with Gasteiger partial charge in [-0.3, -0.25) is 14.6 Å². The monoisotopic (exact) mass is 553 g/mol. The summed E-state index contributed by atoms with van der Waals surface area (Å²) in [5.41, 5.74) is 3.72. The molecule has 0 aliphatic carbocycles. The molecule has 2 aromatic rings. The summed E-state index contributed by atoms with van der Waals surface area (Å²) >= 11 is 0. The quantitative estimate of drug-likeness (QED) is 0.217. The van der Waals surface area contributed by atoms with E-state index in [0.717, 1.165) is 70.3 Å². The predicted octanol–water partition coefficient (Wildman–Crippen LogP) is 3.05. The molecule has 1 unspecified atom stereocenters. The number of benzene rings is 1. The standard InChI is InChI=1S/C24H39N7.HI/c1-20-18-21(2)31(28-20)15-9-13-27-24(25-3)26-12-8-14-30-17-16-29(4)19-23(30)22-10-6-5-7-11-22;/h5-7,10-11,18,23H,8-9,12-17,19H2,1-4H3,(H2,25,26,27);1H. The van der Waals surface area contributed by atoms with Crippen molar-refractivity contribution in [3.63, 3.8) is 0 Å². The molecule has 1 aromatic heterocycles. The second-order valence-corrected chi connectivity index (χ2v) is 8.51. The summed E-state index contributed by atoms with van der Waals surface area (Å²) < 4.78 is 2.08. The van der Waals surface area contributed by atoms with Crippen LogP contribution >= 0.6 is 24.0 Å². The molecule has 1 aromatic carbocycles. The Bertz CT molecular complexity index is 821. The second kappa shape index (κ2) is 13.8. The Morgan fingerprint density at radius 2 is 1.75 bits per heavy atom. The van der Waals surface area contributed by atoms with E-state index < -0.39 is 0 Å². The van der Waals surface area contributed by atoms with E-state index in [9.17, 15) is 0 Å². The van der Waals surface area contributed by atoms with Crippen molar-refractivity contribution in [1.82, 2.24) is 30.2 Å². The third-order valence-electron chi connectivity index (χ3n) is 5.96. The minimum Gasteiger partial charge on any atom is -0.356 e. The SMILES string of the molecule is CN=C(NCCCN1CCN(C)CC1c1ccccc1)NCCCn1nc(C)cc1C.I. The van der Waals surface area contributed by atoms with Crippen LogP contribution < -0.4 is 10.6 Å². The minimum atomic E-state index is 0. The highest BCUT2D eigenvalue weighted by atomic mass is 127. The van der Waals surface area contributed by atoms with E-state index in [1.807, 2.05) is 14.0 Å². The van der Waals surface area contributed by atoms with E-state index in [2.05, 4.69) is 85.6 Å². The molecule has 7 nitrogen and oxygen atoms in total. The number of hydrogen-bond donors (Lipinski definition) is 2. The zero-order valence-corrected chi connectivity index (χ0v) is 22.4. The first kappa shape index (κ1) is 26.6. The van der Waals surface area contributed by atoms with Crippen LogP contribution in [0.1, 0.15) is 35.8 Å². The number of aryl methyl sites for hydroxylation is 3. The Morgan fingerprint density at radius 3 is 2.38 bits per heavy atom. The van der Waals surface area contributed by atoms with E-state index in [1.54, 1.807) is 0 Å². The molecular formula is C24H40IN7. The molecule has 1 fully saturated rings. The molecule has 178 valence electrons. The summed E-state index contributed by atoms with van der Waals surface area (Å²) in [5, 5.41) is 11.4. The summed E-state index contributed by atoms with van der Waals surface area (Å²) in [6.45, 7) is 11.3. The Hall–Kier alpha value is -1.65. The second-order valence-electron chi connectivity index (χ2n) is 8.51. The Balaban J connectivity index is 0.00000363. The number of nitrogens with one attached hydrogen (secondary N) is 2. The van der Waals surface area contributed by atoms with Gasteiger partial charge in [-0.15, -0.1) is 24.0 Å². The van der Waals surface area contributed by atoms with Gasteiger partial charge >= 0.3 is 0 Å². The van der Waals surface area contributed by atoms with Crippen LogP contribution in [-0.2, 0) is 6.54 Å². The van der Waals surface area contributed by atoms with Crippen LogP contribution in [0.15, 0.2) is 41.4 Å². The van der Waals surface area contributed by atoms with Gasteiger partial charge in [0, 0.05) is 64.6 Å². The topological polar surface area (TPSA) is 60.7 Å². The highest BCUT2D eigenvalue weighted by molar-refractivity contribution is 14.0. The number of aromatic nitrogens is 2. The van der Waals surface area contributed by atoms with E-state index in [1.165, 1.54) is 11.3 Å². The van der Waals surface area contributed by atoms with Gasteiger partial charge in [-0.1, -0.05) is 30.3 Å². The first-order valence-corrected chi connectivity index (χ1v) is 11.5. The molecule has 8 heteroatoms. The number of likely N-dealkylation sites (N-methyl/N-ethyl adjacent to an activating group) is 1. The molecule has 3 rings (SSSR count). The summed E-state index contributed by atoms with van der Waals surface area (Å²) in [6, 6.07) is 13.5. The lowest BCUT2D eigenvalue weighted by molar-refractivity contribution is 0.0891. The fraction of sp³-hybridized carbons (Fsp3) is 0.583. The van der Waals surface area contributed by atoms with Crippen LogP contribution in [0.4, 0.5) is 0 Å². The Kier molecular flexibility index (Phi) is 11.5. The van der Waals surface area contributed by atoms with Gasteiger partial charge in [0.25, 0.3) is 0 Å². The predicted molar refractivity (Wildman–Crippen MR) is 144 cm³/mol. The van der Waals surface area contributed by atoms with Gasteiger partial charge in [-0.05, 0) is 45.4 Å². The van der Waals surface area contributed by atoms with Gasteiger partial charge in [-0.2, -0.15) is 5.10 Å². The fourth-order valence-corrected chi connectivity index (χ4v) is 4.26. The van der Waals surface area contributed by atoms with Crippen LogP contribution in [-0.4, -0.2) is 78.9 Å². The van der Waals surface area contributed by atoms with Crippen molar-refractivity contribution in [2.45, 2.75) is 39.3 Å². The molecule has 32 heavy (non-hydrogen) atoms. The molecule has 1 atom stereocenters. The van der Waals surface area contributed by atoms with E-state index in [4.69, 9.17) is 0 Å². The lowest BCUT2D eigenvalue weighted by Gasteiger charge is -2.40. The maximum atomic E-state index is 4.52. The summed E-state index contributed by atoms with van der Waals surface area (Å²) in [6.07, 6.45) is 2.11. The molecule has 0 amide bonds. The molecule has 2 heterocycles. The molecule has 1 saturated heterocycles. The number of nitrogens with zero attached hydrogens (tertiary/aromatic N) is 5. The fourth-order valence-electron chi connectivity index (χ4n) is 4.26. The van der Waals surface area contributed by atoms with Crippen molar-refractivity contribution in [2.75, 3.05) is 53.4 Å². The van der Waals surface area contributed by atoms with Gasteiger partial charge < -0.3 is 15.5 Å². The molecule has 1 aliphatic heterocycles. The van der Waals surface area contributed by atoms with Crippen molar-refractivity contribution in [2.24, 2.45) is 4.99 Å². The highest BCUT2D eigenvalue weighted by Crippen LogP contribution is 2.24. The average Bonchev–Trinajstić information content (AvgIpc) is 3.10. The average molecular weight is 554 g/mol. The molecule has 0 saturated carbocycles. The van der Waals surface area contributed by atoms with Crippen LogP contribution in [0.25, 0.3) is 0 Å². The van der Waals surface area contributed by atoms with Crippen molar-refractivity contribution in [3.8, 4) is 0 Å². The van der Waals surface area contributed by atoms with Crippen molar-refractivity contribution >= 4 is 29.9 Å². The maximum absolute atomic E-state index is 4.52. The maximum Gasteiger partial charge on any atom is 0.190 e. The molecule has 0 radical (unpaired) electrons. The van der Waals surface area contributed by atoms with Crippen molar-refractivity contribution in [3.05, 3.63) is 53.3 Å². The third-order valence-corrected chi connectivity index (χ3v) is 5.96. The number of hydrogen-bond acceptors (Lipinski definition) is 4. The molecule has 2 N–H and O–H groups in total. The summed E-state index contributed by atoms with van der Waals surface area (Å²) in [4.78, 5) is 9.42. The van der Waals surface area contributed by atoms with Crippen molar-refractivity contribution < 1.29 is 0 Å². The first-order valence-electron chi connectivity index (χ1n) is 11.5. The smallest absolute Gasteiger partial charge is 0.190 e. The number of halogens is 1. The lowest BCUT2D eigenvalue weighted by Crippen LogP contribution is -2.47. The van der Waals surface area contributed by atoms with E-state index in [-0.39, 0.29) is 24.0 Å². The van der Waals surface area contributed by atoms with Gasteiger partial charge in [-0.25, -0.2) is 0 Å². The highest BCUT2D eigenvalue weighted by Gasteiger charge is 2.25. The number of aliphatic imine (C=N–C) groups is 1. The molecule has 0 spiro atoms. The zero-order chi connectivity index (χ0) is 22.1. The Labute approximate surface area is 210 Å². The molecule has 1 aliphatic rings. The van der Waals surface area contributed by atoms with Crippen LogP contribution in [0, 0.1) is 13.8 Å².